The molecule has 0 fully saturated rings. The summed E-state index contributed by atoms with van der Waals surface area (Å²) in [5.74, 6) is 7.24. The number of nitrogen functional groups attached to an aromatic ring is 1. The molecule has 0 bridgehead atoms. The van der Waals surface area contributed by atoms with Gasteiger partial charge in [-0.2, -0.15) is 0 Å². The van der Waals surface area contributed by atoms with Gasteiger partial charge in [0.05, 0.1) is 0 Å². The molecular formula is C16H22N4. The number of hydrogen-bond donors (Lipinski definition) is 2. The number of benzene rings is 1. The van der Waals surface area contributed by atoms with E-state index in [1.54, 1.807) is 0 Å². The van der Waals surface area contributed by atoms with Crippen LogP contribution in [-0.4, -0.2) is 9.97 Å². The Hall–Kier alpha value is -1.94. The van der Waals surface area contributed by atoms with Gasteiger partial charge in [0.2, 0.25) is 0 Å². The van der Waals surface area contributed by atoms with E-state index < -0.39 is 0 Å². The van der Waals surface area contributed by atoms with Gasteiger partial charge in [0.25, 0.3) is 0 Å². The van der Waals surface area contributed by atoms with Gasteiger partial charge in [-0.3, -0.25) is 0 Å². The Morgan fingerprint density at radius 3 is 2.10 bits per heavy atom. The number of nitrogens with zero attached hydrogens (tertiary/aromatic N) is 2. The van der Waals surface area contributed by atoms with Gasteiger partial charge in [0.15, 0.2) is 5.82 Å². The molecule has 0 unspecified atom stereocenters. The topological polar surface area (TPSA) is 63.8 Å². The molecule has 1 heterocycles. The standard InChI is InChI=1S/C16H22N4/c1-9(2)13-8-14(20-17)19-16(18-13)15-11(4)6-10(3)7-12(15)5/h6-9H,17H2,1-5H3,(H,18,19,20). The molecule has 2 aromatic rings. The second kappa shape index (κ2) is 5.59. The molecule has 1 aromatic heterocycles. The second-order valence-corrected chi connectivity index (χ2v) is 5.57. The first-order valence-corrected chi connectivity index (χ1v) is 6.86. The highest BCUT2D eigenvalue weighted by Gasteiger charge is 2.13. The van der Waals surface area contributed by atoms with Gasteiger partial charge >= 0.3 is 0 Å². The van der Waals surface area contributed by atoms with Crippen LogP contribution in [0.3, 0.4) is 0 Å². The average molecular weight is 270 g/mol. The molecule has 0 saturated heterocycles. The van der Waals surface area contributed by atoms with Crippen molar-refractivity contribution in [2.75, 3.05) is 5.43 Å². The van der Waals surface area contributed by atoms with Crippen LogP contribution in [0.2, 0.25) is 0 Å². The lowest BCUT2D eigenvalue weighted by Gasteiger charge is -2.14. The van der Waals surface area contributed by atoms with Crippen LogP contribution < -0.4 is 11.3 Å². The van der Waals surface area contributed by atoms with Crippen LogP contribution >= 0.6 is 0 Å². The minimum Gasteiger partial charge on any atom is -0.308 e. The molecule has 0 aliphatic rings. The fraction of sp³-hybridized carbons (Fsp3) is 0.375. The van der Waals surface area contributed by atoms with E-state index in [0.29, 0.717) is 11.7 Å². The molecule has 0 radical (unpaired) electrons. The van der Waals surface area contributed by atoms with Gasteiger partial charge < -0.3 is 5.43 Å². The molecule has 0 saturated carbocycles. The summed E-state index contributed by atoms with van der Waals surface area (Å²) in [5, 5.41) is 0. The van der Waals surface area contributed by atoms with E-state index in [1.807, 2.05) is 6.07 Å². The third kappa shape index (κ3) is 2.80. The summed E-state index contributed by atoms with van der Waals surface area (Å²) in [5.41, 5.74) is 8.34. The highest BCUT2D eigenvalue weighted by Crippen LogP contribution is 2.28. The maximum atomic E-state index is 5.53. The van der Waals surface area contributed by atoms with Gasteiger partial charge in [-0.25, -0.2) is 15.8 Å². The molecule has 106 valence electrons. The molecular weight excluding hydrogens is 248 g/mol. The van der Waals surface area contributed by atoms with Crippen molar-refractivity contribution in [1.29, 1.82) is 0 Å². The van der Waals surface area contributed by atoms with E-state index in [4.69, 9.17) is 10.8 Å². The van der Waals surface area contributed by atoms with Gasteiger partial charge in [0.1, 0.15) is 5.82 Å². The molecule has 20 heavy (non-hydrogen) atoms. The Morgan fingerprint density at radius 2 is 1.60 bits per heavy atom. The largest absolute Gasteiger partial charge is 0.308 e. The highest BCUT2D eigenvalue weighted by molar-refractivity contribution is 5.66. The van der Waals surface area contributed by atoms with Crippen LogP contribution in [0.25, 0.3) is 11.4 Å². The van der Waals surface area contributed by atoms with Crippen LogP contribution in [0.4, 0.5) is 5.82 Å². The highest BCUT2D eigenvalue weighted by atomic mass is 15.3. The number of nitrogens with one attached hydrogen (secondary N) is 1. The van der Waals surface area contributed by atoms with Crippen LogP contribution in [0, 0.1) is 20.8 Å². The Balaban J connectivity index is 2.66. The number of nitrogens with two attached hydrogens (primary N) is 1. The molecule has 3 N–H and O–H groups in total. The molecule has 1 aromatic carbocycles. The lowest BCUT2D eigenvalue weighted by molar-refractivity contribution is 0.816. The summed E-state index contributed by atoms with van der Waals surface area (Å²) in [4.78, 5) is 9.20. The van der Waals surface area contributed by atoms with E-state index in [1.165, 1.54) is 16.7 Å². The Morgan fingerprint density at radius 1 is 1.00 bits per heavy atom. The normalized spacial score (nSPS) is 10.9. The van der Waals surface area contributed by atoms with Crippen molar-refractivity contribution in [2.24, 2.45) is 5.84 Å². The molecule has 4 heteroatoms. The fourth-order valence-electron chi connectivity index (χ4n) is 2.48. The number of rotatable bonds is 3. The summed E-state index contributed by atoms with van der Waals surface area (Å²) in [6.07, 6.45) is 0. The van der Waals surface area contributed by atoms with E-state index in [2.05, 4.69) is 57.2 Å². The zero-order valence-electron chi connectivity index (χ0n) is 12.8. The molecule has 0 aliphatic heterocycles. The lowest BCUT2D eigenvalue weighted by Crippen LogP contribution is -2.11. The minimum absolute atomic E-state index is 0.329. The molecule has 0 spiro atoms. The predicted octanol–water partition coefficient (Wildman–Crippen LogP) is 3.48. The van der Waals surface area contributed by atoms with E-state index in [0.717, 1.165) is 17.1 Å². The molecule has 0 amide bonds. The first-order valence-electron chi connectivity index (χ1n) is 6.86. The van der Waals surface area contributed by atoms with Crippen molar-refractivity contribution in [2.45, 2.75) is 40.5 Å². The third-order valence-corrected chi connectivity index (χ3v) is 3.39. The average Bonchev–Trinajstić information content (AvgIpc) is 2.37. The molecule has 4 nitrogen and oxygen atoms in total. The number of anilines is 1. The predicted molar refractivity (Wildman–Crippen MR) is 83.6 cm³/mol. The summed E-state index contributed by atoms with van der Waals surface area (Å²) in [7, 11) is 0. The van der Waals surface area contributed by atoms with Crippen LogP contribution in [0.15, 0.2) is 18.2 Å². The zero-order chi connectivity index (χ0) is 14.9. The number of hydrogen-bond acceptors (Lipinski definition) is 4. The quantitative estimate of drug-likeness (QED) is 0.662. The first-order chi connectivity index (χ1) is 9.42. The van der Waals surface area contributed by atoms with Crippen LogP contribution in [0.5, 0.6) is 0 Å². The Kier molecular flexibility index (Phi) is 4.04. The van der Waals surface area contributed by atoms with Gasteiger partial charge in [-0.05, 0) is 37.8 Å². The third-order valence-electron chi connectivity index (χ3n) is 3.39. The number of hydrazine groups is 1. The van der Waals surface area contributed by atoms with Gasteiger partial charge in [0, 0.05) is 17.3 Å². The van der Waals surface area contributed by atoms with Crippen molar-refractivity contribution in [3.05, 3.63) is 40.6 Å². The van der Waals surface area contributed by atoms with Crippen LogP contribution in [-0.2, 0) is 0 Å². The van der Waals surface area contributed by atoms with Crippen molar-refractivity contribution >= 4 is 5.82 Å². The van der Waals surface area contributed by atoms with Crippen molar-refractivity contribution in [3.8, 4) is 11.4 Å². The maximum Gasteiger partial charge on any atom is 0.162 e. The SMILES string of the molecule is Cc1cc(C)c(-c2nc(NN)cc(C(C)C)n2)c(C)c1. The smallest absolute Gasteiger partial charge is 0.162 e. The molecule has 0 atom stereocenters. The monoisotopic (exact) mass is 270 g/mol. The summed E-state index contributed by atoms with van der Waals surface area (Å²) in [6, 6.07) is 6.21. The Labute approximate surface area is 120 Å². The molecule has 2 rings (SSSR count). The van der Waals surface area contributed by atoms with Gasteiger partial charge in [-0.1, -0.05) is 31.5 Å². The summed E-state index contributed by atoms with van der Waals surface area (Å²) < 4.78 is 0. The second-order valence-electron chi connectivity index (χ2n) is 5.57. The summed E-state index contributed by atoms with van der Waals surface area (Å²) in [6.45, 7) is 10.5. The van der Waals surface area contributed by atoms with Crippen molar-refractivity contribution in [1.82, 2.24) is 9.97 Å². The molecule has 0 aliphatic carbocycles. The van der Waals surface area contributed by atoms with E-state index >= 15 is 0 Å². The van der Waals surface area contributed by atoms with E-state index in [9.17, 15) is 0 Å². The zero-order valence-corrected chi connectivity index (χ0v) is 12.8. The number of aryl methyl sites for hydroxylation is 3. The van der Waals surface area contributed by atoms with Crippen molar-refractivity contribution in [3.63, 3.8) is 0 Å². The number of aromatic nitrogens is 2. The maximum absolute atomic E-state index is 5.53. The summed E-state index contributed by atoms with van der Waals surface area (Å²) >= 11 is 0. The lowest BCUT2D eigenvalue weighted by atomic mass is 9.99. The van der Waals surface area contributed by atoms with Crippen LogP contribution in [0.1, 0.15) is 42.1 Å². The first kappa shape index (κ1) is 14.5. The van der Waals surface area contributed by atoms with Crippen molar-refractivity contribution < 1.29 is 0 Å². The fourth-order valence-corrected chi connectivity index (χ4v) is 2.48. The van der Waals surface area contributed by atoms with Gasteiger partial charge in [-0.15, -0.1) is 0 Å². The minimum atomic E-state index is 0.329. The Bertz CT molecular complexity index is 609. The van der Waals surface area contributed by atoms with E-state index in [-0.39, 0.29) is 0 Å².